The van der Waals surface area contributed by atoms with Crippen LogP contribution >= 0.6 is 0 Å². The zero-order valence-corrected chi connectivity index (χ0v) is 13.4. The van der Waals surface area contributed by atoms with Gasteiger partial charge in [0.25, 0.3) is 0 Å². The molecule has 2 aliphatic rings. The predicted molar refractivity (Wildman–Crippen MR) is 87.9 cm³/mol. The second-order valence-electron chi connectivity index (χ2n) is 6.76. The Bertz CT molecular complexity index is 451. The summed E-state index contributed by atoms with van der Waals surface area (Å²) < 4.78 is 5.36. The zero-order valence-electron chi connectivity index (χ0n) is 13.4. The SMILES string of the molecule is COc1ccc2c(c1)CCCC2NCCC1CCCCC1. The Hall–Kier alpha value is -1.02. The minimum atomic E-state index is 0.559. The lowest BCUT2D eigenvalue weighted by Crippen LogP contribution is -2.27. The molecule has 1 saturated carbocycles. The van der Waals surface area contributed by atoms with E-state index < -0.39 is 0 Å². The Morgan fingerprint density at radius 1 is 1.10 bits per heavy atom. The van der Waals surface area contributed by atoms with Crippen LogP contribution in [0.4, 0.5) is 0 Å². The van der Waals surface area contributed by atoms with Crippen LogP contribution in [0.15, 0.2) is 18.2 Å². The van der Waals surface area contributed by atoms with Gasteiger partial charge in [-0.1, -0.05) is 38.2 Å². The highest BCUT2D eigenvalue weighted by molar-refractivity contribution is 5.39. The van der Waals surface area contributed by atoms with Crippen molar-refractivity contribution in [2.45, 2.75) is 63.8 Å². The molecule has 2 aliphatic carbocycles. The highest BCUT2D eigenvalue weighted by Gasteiger charge is 2.20. The van der Waals surface area contributed by atoms with Gasteiger partial charge in [-0.15, -0.1) is 0 Å². The highest BCUT2D eigenvalue weighted by atomic mass is 16.5. The van der Waals surface area contributed by atoms with Crippen molar-refractivity contribution in [1.29, 1.82) is 0 Å². The molecule has 0 heterocycles. The molecule has 0 spiro atoms. The molecule has 0 radical (unpaired) electrons. The van der Waals surface area contributed by atoms with Crippen LogP contribution in [-0.4, -0.2) is 13.7 Å². The van der Waals surface area contributed by atoms with Crippen molar-refractivity contribution in [2.75, 3.05) is 13.7 Å². The molecule has 1 atom stereocenters. The van der Waals surface area contributed by atoms with Gasteiger partial charge in [-0.2, -0.15) is 0 Å². The van der Waals surface area contributed by atoms with Crippen LogP contribution in [0.25, 0.3) is 0 Å². The molecule has 0 aromatic heterocycles. The molecular weight excluding hydrogens is 258 g/mol. The fourth-order valence-corrected chi connectivity index (χ4v) is 4.07. The number of hydrogen-bond acceptors (Lipinski definition) is 2. The van der Waals surface area contributed by atoms with Gasteiger partial charge in [0.1, 0.15) is 5.75 Å². The fourth-order valence-electron chi connectivity index (χ4n) is 4.07. The van der Waals surface area contributed by atoms with Gasteiger partial charge in [-0.05, 0) is 61.4 Å². The maximum absolute atomic E-state index is 5.36. The summed E-state index contributed by atoms with van der Waals surface area (Å²) in [6.45, 7) is 1.18. The van der Waals surface area contributed by atoms with Crippen molar-refractivity contribution in [1.82, 2.24) is 5.32 Å². The lowest BCUT2D eigenvalue weighted by atomic mass is 9.85. The summed E-state index contributed by atoms with van der Waals surface area (Å²) in [5, 5.41) is 3.82. The van der Waals surface area contributed by atoms with Gasteiger partial charge >= 0.3 is 0 Å². The van der Waals surface area contributed by atoms with E-state index >= 15 is 0 Å². The maximum atomic E-state index is 5.36. The Balaban J connectivity index is 1.55. The van der Waals surface area contributed by atoms with E-state index in [-0.39, 0.29) is 0 Å². The summed E-state index contributed by atoms with van der Waals surface area (Å²) >= 11 is 0. The molecule has 0 aliphatic heterocycles. The van der Waals surface area contributed by atoms with Crippen LogP contribution in [0.3, 0.4) is 0 Å². The number of aryl methyl sites for hydroxylation is 1. The standard InChI is InChI=1S/C19H29NO/c1-21-17-10-11-18-16(14-17)8-5-9-19(18)20-13-12-15-6-3-2-4-7-15/h10-11,14-15,19-20H,2-9,12-13H2,1H3. The molecule has 1 N–H and O–H groups in total. The number of fused-ring (bicyclic) bond motifs is 1. The van der Waals surface area contributed by atoms with Crippen LogP contribution in [0.2, 0.25) is 0 Å². The van der Waals surface area contributed by atoms with E-state index in [0.29, 0.717) is 6.04 Å². The van der Waals surface area contributed by atoms with Crippen LogP contribution in [-0.2, 0) is 6.42 Å². The van der Waals surface area contributed by atoms with E-state index in [0.717, 1.165) is 11.7 Å². The third kappa shape index (κ3) is 3.79. The Morgan fingerprint density at radius 2 is 1.95 bits per heavy atom. The first-order valence-electron chi connectivity index (χ1n) is 8.77. The molecule has 2 nitrogen and oxygen atoms in total. The molecule has 21 heavy (non-hydrogen) atoms. The van der Waals surface area contributed by atoms with Crippen LogP contribution in [0.1, 0.15) is 68.5 Å². The van der Waals surface area contributed by atoms with Crippen molar-refractivity contribution in [3.8, 4) is 5.75 Å². The van der Waals surface area contributed by atoms with Crippen molar-refractivity contribution >= 4 is 0 Å². The summed E-state index contributed by atoms with van der Waals surface area (Å²) in [5.41, 5.74) is 2.99. The first kappa shape index (κ1) is 14.9. The van der Waals surface area contributed by atoms with Gasteiger partial charge in [0, 0.05) is 6.04 Å². The number of rotatable bonds is 5. The molecule has 0 bridgehead atoms. The monoisotopic (exact) mass is 287 g/mol. The normalized spacial score (nSPS) is 22.8. The smallest absolute Gasteiger partial charge is 0.119 e. The minimum absolute atomic E-state index is 0.559. The van der Waals surface area contributed by atoms with Crippen LogP contribution in [0, 0.1) is 5.92 Å². The van der Waals surface area contributed by atoms with Gasteiger partial charge < -0.3 is 10.1 Å². The summed E-state index contributed by atoms with van der Waals surface area (Å²) in [7, 11) is 1.75. The second kappa shape index (κ2) is 7.31. The molecular formula is C19H29NO. The molecule has 0 saturated heterocycles. The van der Waals surface area contributed by atoms with Crippen molar-refractivity contribution in [3.05, 3.63) is 29.3 Å². The highest BCUT2D eigenvalue weighted by Crippen LogP contribution is 2.32. The number of nitrogens with one attached hydrogen (secondary N) is 1. The van der Waals surface area contributed by atoms with E-state index in [1.807, 2.05) is 0 Å². The van der Waals surface area contributed by atoms with E-state index in [1.165, 1.54) is 75.5 Å². The lowest BCUT2D eigenvalue weighted by Gasteiger charge is -2.28. The number of ether oxygens (including phenoxy) is 1. The topological polar surface area (TPSA) is 21.3 Å². The van der Waals surface area contributed by atoms with Gasteiger partial charge in [0.05, 0.1) is 7.11 Å². The molecule has 1 fully saturated rings. The predicted octanol–water partition coefficient (Wildman–Crippen LogP) is 4.63. The second-order valence-corrected chi connectivity index (χ2v) is 6.76. The molecule has 2 heteroatoms. The first-order valence-corrected chi connectivity index (χ1v) is 8.77. The Kier molecular flexibility index (Phi) is 5.18. The molecule has 0 amide bonds. The molecule has 116 valence electrons. The fraction of sp³-hybridized carbons (Fsp3) is 0.684. The van der Waals surface area contributed by atoms with Crippen LogP contribution in [0.5, 0.6) is 5.75 Å². The number of methoxy groups -OCH3 is 1. The van der Waals surface area contributed by atoms with E-state index in [2.05, 4.69) is 23.5 Å². The molecule has 1 aromatic carbocycles. The Morgan fingerprint density at radius 3 is 2.76 bits per heavy atom. The van der Waals surface area contributed by atoms with E-state index in [4.69, 9.17) is 4.74 Å². The summed E-state index contributed by atoms with van der Waals surface area (Å²) in [6.07, 6.45) is 12.4. The average Bonchev–Trinajstić information content (AvgIpc) is 2.55. The molecule has 1 aromatic rings. The minimum Gasteiger partial charge on any atom is -0.497 e. The third-order valence-electron chi connectivity index (χ3n) is 5.33. The average molecular weight is 287 g/mol. The van der Waals surface area contributed by atoms with E-state index in [1.54, 1.807) is 7.11 Å². The van der Waals surface area contributed by atoms with Crippen molar-refractivity contribution < 1.29 is 4.74 Å². The first-order chi connectivity index (χ1) is 10.4. The zero-order chi connectivity index (χ0) is 14.5. The van der Waals surface area contributed by atoms with E-state index in [9.17, 15) is 0 Å². The number of hydrogen-bond donors (Lipinski definition) is 1. The summed E-state index contributed by atoms with van der Waals surface area (Å²) in [6, 6.07) is 7.17. The van der Waals surface area contributed by atoms with Crippen molar-refractivity contribution in [2.24, 2.45) is 5.92 Å². The molecule has 1 unspecified atom stereocenters. The lowest BCUT2D eigenvalue weighted by molar-refractivity contribution is 0.323. The van der Waals surface area contributed by atoms with Crippen LogP contribution < -0.4 is 10.1 Å². The Labute approximate surface area is 129 Å². The van der Waals surface area contributed by atoms with Gasteiger partial charge in [0.2, 0.25) is 0 Å². The third-order valence-corrected chi connectivity index (χ3v) is 5.33. The number of benzene rings is 1. The van der Waals surface area contributed by atoms with Gasteiger partial charge in [-0.25, -0.2) is 0 Å². The van der Waals surface area contributed by atoms with Gasteiger partial charge in [-0.3, -0.25) is 0 Å². The summed E-state index contributed by atoms with van der Waals surface area (Å²) in [4.78, 5) is 0. The van der Waals surface area contributed by atoms with Gasteiger partial charge in [0.15, 0.2) is 0 Å². The summed E-state index contributed by atoms with van der Waals surface area (Å²) in [5.74, 6) is 1.97. The largest absolute Gasteiger partial charge is 0.497 e. The quantitative estimate of drug-likeness (QED) is 0.852. The maximum Gasteiger partial charge on any atom is 0.119 e. The molecule has 3 rings (SSSR count). The van der Waals surface area contributed by atoms with Crippen molar-refractivity contribution in [3.63, 3.8) is 0 Å².